The van der Waals surface area contributed by atoms with E-state index >= 15 is 0 Å². The minimum atomic E-state index is -4.38. The Hall–Kier alpha value is -4.12. The third-order valence-electron chi connectivity index (χ3n) is 4.89. The molecule has 0 saturated heterocycles. The number of hydrogen-bond donors (Lipinski definition) is 2. The van der Waals surface area contributed by atoms with Gasteiger partial charge in [-0.05, 0) is 54.2 Å². The molecule has 4 rings (SSSR count). The molecule has 0 aliphatic rings. The number of halogens is 3. The van der Waals surface area contributed by atoms with Gasteiger partial charge in [0.1, 0.15) is 6.33 Å². The van der Waals surface area contributed by atoms with Gasteiger partial charge < -0.3 is 5.32 Å². The molecular weight excluding hydrogens is 475 g/mol. The molecular formula is C24H20F3N7S. The highest BCUT2D eigenvalue weighted by Gasteiger charge is 2.30. The van der Waals surface area contributed by atoms with E-state index in [-0.39, 0.29) is 0 Å². The number of alkyl halides is 3. The van der Waals surface area contributed by atoms with E-state index in [1.807, 2.05) is 42.5 Å². The predicted octanol–water partition coefficient (Wildman–Crippen LogP) is 4.39. The Labute approximate surface area is 204 Å². The molecule has 0 amide bonds. The van der Waals surface area contributed by atoms with Crippen LogP contribution in [0.5, 0.6) is 0 Å². The van der Waals surface area contributed by atoms with Crippen LogP contribution in [0.4, 0.5) is 13.2 Å². The van der Waals surface area contributed by atoms with Crippen molar-refractivity contribution in [1.82, 2.24) is 30.5 Å². The quantitative estimate of drug-likeness (QED) is 0.225. The average molecular weight is 496 g/mol. The maximum Gasteiger partial charge on any atom is 0.416 e. The normalized spacial score (nSPS) is 11.5. The minimum absolute atomic E-state index is 0.409. The summed E-state index contributed by atoms with van der Waals surface area (Å²) < 4.78 is 39.7. The van der Waals surface area contributed by atoms with E-state index in [0.29, 0.717) is 23.2 Å². The highest BCUT2D eigenvalue weighted by atomic mass is 32.1. The maximum absolute atomic E-state index is 12.7. The summed E-state index contributed by atoms with van der Waals surface area (Å²) in [6.45, 7) is 0.638. The molecule has 2 heterocycles. The molecule has 0 aliphatic heterocycles. The Morgan fingerprint density at radius 3 is 2.46 bits per heavy atom. The first-order valence-electron chi connectivity index (χ1n) is 10.5. The smallest absolute Gasteiger partial charge is 0.361 e. The number of hydrogen-bond acceptors (Lipinski definition) is 5. The molecule has 0 spiro atoms. The Balaban J connectivity index is 1.29. The Morgan fingerprint density at radius 1 is 1.00 bits per heavy atom. The molecule has 2 N–H and O–H groups in total. The van der Waals surface area contributed by atoms with Crippen LogP contribution in [0, 0.1) is 0 Å². The fraction of sp³-hybridized carbons (Fsp3) is 0.125. The SMILES string of the molecule is FC(F)(F)c1ccc(-n2cnc(-c3ccc(C=NNC(=S)NCCc4ccccn4)cc3)n2)cc1. The highest BCUT2D eigenvalue weighted by Crippen LogP contribution is 2.29. The molecule has 35 heavy (non-hydrogen) atoms. The van der Waals surface area contributed by atoms with Gasteiger partial charge in [0, 0.05) is 30.4 Å². The Bertz CT molecular complexity index is 1290. The van der Waals surface area contributed by atoms with Gasteiger partial charge in [-0.1, -0.05) is 30.3 Å². The van der Waals surface area contributed by atoms with Gasteiger partial charge in [0.15, 0.2) is 10.9 Å². The first-order chi connectivity index (χ1) is 16.9. The molecule has 0 unspecified atom stereocenters. The van der Waals surface area contributed by atoms with E-state index in [4.69, 9.17) is 12.2 Å². The summed E-state index contributed by atoms with van der Waals surface area (Å²) in [6, 6.07) is 17.8. The molecule has 2 aromatic carbocycles. The summed E-state index contributed by atoms with van der Waals surface area (Å²) in [5.74, 6) is 0.449. The van der Waals surface area contributed by atoms with Crippen molar-refractivity contribution in [3.63, 3.8) is 0 Å². The summed E-state index contributed by atoms with van der Waals surface area (Å²) >= 11 is 5.21. The second-order valence-electron chi connectivity index (χ2n) is 7.38. The monoisotopic (exact) mass is 495 g/mol. The Kier molecular flexibility index (Phi) is 7.46. The van der Waals surface area contributed by atoms with Crippen LogP contribution in [-0.4, -0.2) is 37.6 Å². The van der Waals surface area contributed by atoms with Gasteiger partial charge in [0.05, 0.1) is 17.5 Å². The van der Waals surface area contributed by atoms with Crippen molar-refractivity contribution < 1.29 is 13.2 Å². The van der Waals surface area contributed by atoms with E-state index in [1.54, 1.807) is 12.4 Å². The zero-order valence-electron chi connectivity index (χ0n) is 18.3. The number of nitrogens with zero attached hydrogens (tertiary/aromatic N) is 5. The second kappa shape index (κ2) is 10.9. The number of nitrogens with one attached hydrogen (secondary N) is 2. The van der Waals surface area contributed by atoms with Crippen LogP contribution in [0.1, 0.15) is 16.8 Å². The number of benzene rings is 2. The number of pyridine rings is 1. The van der Waals surface area contributed by atoms with Crippen molar-refractivity contribution in [3.05, 3.63) is 96.1 Å². The van der Waals surface area contributed by atoms with E-state index in [9.17, 15) is 13.2 Å². The van der Waals surface area contributed by atoms with Crippen LogP contribution in [0.2, 0.25) is 0 Å². The zero-order valence-corrected chi connectivity index (χ0v) is 19.1. The summed E-state index contributed by atoms with van der Waals surface area (Å²) in [6.07, 6.45) is 1.21. The van der Waals surface area contributed by atoms with Gasteiger partial charge in [0.25, 0.3) is 0 Å². The van der Waals surface area contributed by atoms with Crippen molar-refractivity contribution in [2.75, 3.05) is 6.54 Å². The van der Waals surface area contributed by atoms with E-state index in [0.717, 1.165) is 35.4 Å². The topological polar surface area (TPSA) is 80.0 Å². The number of aromatic nitrogens is 4. The third kappa shape index (κ3) is 6.70. The van der Waals surface area contributed by atoms with Crippen molar-refractivity contribution in [2.45, 2.75) is 12.6 Å². The molecule has 0 saturated carbocycles. The molecule has 11 heteroatoms. The van der Waals surface area contributed by atoms with Gasteiger partial charge in [-0.25, -0.2) is 9.67 Å². The Morgan fingerprint density at radius 2 is 1.77 bits per heavy atom. The standard InChI is InChI=1S/C24H20F3N7S/c25-24(26,27)19-8-10-21(11-9-19)34-16-30-22(33-34)18-6-4-17(5-7-18)15-31-32-23(35)29-14-12-20-3-1-2-13-28-20/h1-11,13,15-16H,12,14H2,(H2,29,32,35). The molecule has 0 fully saturated rings. The summed E-state index contributed by atoms with van der Waals surface area (Å²) in [4.78, 5) is 8.51. The third-order valence-corrected chi connectivity index (χ3v) is 5.13. The van der Waals surface area contributed by atoms with Crippen LogP contribution in [-0.2, 0) is 12.6 Å². The zero-order chi connectivity index (χ0) is 24.7. The fourth-order valence-electron chi connectivity index (χ4n) is 3.10. The van der Waals surface area contributed by atoms with Crippen LogP contribution < -0.4 is 10.7 Å². The lowest BCUT2D eigenvalue weighted by Crippen LogP contribution is -2.33. The lowest BCUT2D eigenvalue weighted by Gasteiger charge is -2.07. The van der Waals surface area contributed by atoms with Crippen LogP contribution in [0.25, 0.3) is 17.1 Å². The molecule has 2 aromatic heterocycles. The van der Waals surface area contributed by atoms with Crippen molar-refractivity contribution in [1.29, 1.82) is 0 Å². The summed E-state index contributed by atoms with van der Waals surface area (Å²) in [7, 11) is 0. The average Bonchev–Trinajstić information content (AvgIpc) is 3.35. The molecule has 0 aliphatic carbocycles. The van der Waals surface area contributed by atoms with Gasteiger partial charge in [-0.2, -0.15) is 18.3 Å². The molecule has 0 atom stereocenters. The lowest BCUT2D eigenvalue weighted by molar-refractivity contribution is -0.137. The molecule has 178 valence electrons. The highest BCUT2D eigenvalue weighted by molar-refractivity contribution is 7.80. The molecule has 0 radical (unpaired) electrons. The first-order valence-corrected chi connectivity index (χ1v) is 11.0. The van der Waals surface area contributed by atoms with Crippen LogP contribution in [0.15, 0.2) is 84.4 Å². The first kappa shape index (κ1) is 24.0. The van der Waals surface area contributed by atoms with E-state index in [1.165, 1.54) is 23.1 Å². The maximum atomic E-state index is 12.7. The largest absolute Gasteiger partial charge is 0.416 e. The van der Waals surface area contributed by atoms with Gasteiger partial charge in [-0.3, -0.25) is 10.4 Å². The fourth-order valence-corrected chi connectivity index (χ4v) is 3.25. The van der Waals surface area contributed by atoms with E-state index < -0.39 is 11.7 Å². The van der Waals surface area contributed by atoms with Crippen LogP contribution in [0.3, 0.4) is 0 Å². The van der Waals surface area contributed by atoms with Gasteiger partial charge >= 0.3 is 6.18 Å². The van der Waals surface area contributed by atoms with Crippen molar-refractivity contribution in [3.8, 4) is 17.1 Å². The van der Waals surface area contributed by atoms with Crippen molar-refractivity contribution >= 4 is 23.5 Å². The minimum Gasteiger partial charge on any atom is -0.361 e. The summed E-state index contributed by atoms with van der Waals surface area (Å²) in [5.41, 5.74) is 5.11. The van der Waals surface area contributed by atoms with Crippen molar-refractivity contribution in [2.24, 2.45) is 5.10 Å². The van der Waals surface area contributed by atoms with Gasteiger partial charge in [0.2, 0.25) is 0 Å². The number of rotatable bonds is 7. The molecule has 4 aromatic rings. The second-order valence-corrected chi connectivity index (χ2v) is 7.78. The predicted molar refractivity (Wildman–Crippen MR) is 131 cm³/mol. The lowest BCUT2D eigenvalue weighted by atomic mass is 10.1. The van der Waals surface area contributed by atoms with E-state index in [2.05, 4.69) is 30.9 Å². The number of hydrazone groups is 1. The molecule has 0 bridgehead atoms. The number of thiocarbonyl (C=S) groups is 1. The van der Waals surface area contributed by atoms with Crippen LogP contribution >= 0.6 is 12.2 Å². The summed E-state index contributed by atoms with van der Waals surface area (Å²) in [5, 5.41) is 12.0. The van der Waals surface area contributed by atoms with Gasteiger partial charge in [-0.15, -0.1) is 5.10 Å². The molecule has 7 nitrogen and oxygen atoms in total.